The molecule has 2 rings (SSSR count). The Hall–Kier alpha value is -0.610. The van der Waals surface area contributed by atoms with Gasteiger partial charge in [-0.25, -0.2) is 0 Å². The number of amides is 1. The van der Waals surface area contributed by atoms with Gasteiger partial charge in [-0.2, -0.15) is 0 Å². The highest BCUT2D eigenvalue weighted by atomic mass is 16.5. The summed E-state index contributed by atoms with van der Waals surface area (Å²) in [5.41, 5.74) is 0. The molecular formula is C12H22N2O2. The summed E-state index contributed by atoms with van der Waals surface area (Å²) in [6.45, 7) is 3.69. The van der Waals surface area contributed by atoms with Crippen molar-refractivity contribution >= 4 is 5.91 Å². The highest BCUT2D eigenvalue weighted by Gasteiger charge is 2.22. The molecule has 2 N–H and O–H groups in total. The van der Waals surface area contributed by atoms with Crippen LogP contribution in [0.25, 0.3) is 0 Å². The van der Waals surface area contributed by atoms with Gasteiger partial charge in [-0.05, 0) is 51.1 Å². The molecule has 2 saturated heterocycles. The quantitative estimate of drug-likeness (QED) is 0.743. The molecule has 0 aromatic carbocycles. The molecule has 16 heavy (non-hydrogen) atoms. The van der Waals surface area contributed by atoms with E-state index in [2.05, 4.69) is 10.6 Å². The summed E-state index contributed by atoms with van der Waals surface area (Å²) >= 11 is 0. The number of rotatable bonds is 3. The molecular weight excluding hydrogens is 204 g/mol. The van der Waals surface area contributed by atoms with E-state index in [0.717, 1.165) is 45.5 Å². The number of piperidine rings is 1. The first kappa shape index (κ1) is 11.9. The molecule has 4 heteroatoms. The molecule has 2 fully saturated rings. The fourth-order valence-electron chi connectivity index (χ4n) is 2.40. The molecule has 2 unspecified atom stereocenters. The van der Waals surface area contributed by atoms with E-state index in [-0.39, 0.29) is 12.0 Å². The van der Waals surface area contributed by atoms with Gasteiger partial charge in [0.15, 0.2) is 0 Å². The molecule has 2 heterocycles. The smallest absolute Gasteiger partial charge is 0.249 e. The van der Waals surface area contributed by atoms with Gasteiger partial charge >= 0.3 is 0 Å². The molecule has 1 amide bonds. The van der Waals surface area contributed by atoms with E-state index in [0.29, 0.717) is 5.92 Å². The summed E-state index contributed by atoms with van der Waals surface area (Å²) < 4.78 is 5.45. The van der Waals surface area contributed by atoms with Crippen molar-refractivity contribution in [1.82, 2.24) is 10.6 Å². The van der Waals surface area contributed by atoms with Crippen LogP contribution in [0, 0.1) is 5.92 Å². The minimum atomic E-state index is -0.190. The van der Waals surface area contributed by atoms with E-state index >= 15 is 0 Å². The molecule has 2 atom stereocenters. The second-order valence-corrected chi connectivity index (χ2v) is 4.81. The van der Waals surface area contributed by atoms with Gasteiger partial charge in [0.2, 0.25) is 5.91 Å². The van der Waals surface area contributed by atoms with Crippen LogP contribution < -0.4 is 10.6 Å². The summed E-state index contributed by atoms with van der Waals surface area (Å²) in [4.78, 5) is 11.8. The second kappa shape index (κ2) is 6.21. The zero-order valence-corrected chi connectivity index (χ0v) is 9.84. The first-order valence-electron chi connectivity index (χ1n) is 6.46. The normalized spacial score (nSPS) is 31.0. The van der Waals surface area contributed by atoms with Crippen LogP contribution in [-0.2, 0) is 9.53 Å². The first-order valence-corrected chi connectivity index (χ1v) is 6.46. The van der Waals surface area contributed by atoms with Crippen molar-refractivity contribution in [2.45, 2.75) is 38.2 Å². The third-order valence-electron chi connectivity index (χ3n) is 3.44. The lowest BCUT2D eigenvalue weighted by Crippen LogP contribution is -2.43. The minimum absolute atomic E-state index is 0.0882. The summed E-state index contributed by atoms with van der Waals surface area (Å²) in [5, 5.41) is 6.37. The van der Waals surface area contributed by atoms with Crippen LogP contribution in [0.1, 0.15) is 32.1 Å². The van der Waals surface area contributed by atoms with Gasteiger partial charge in [-0.1, -0.05) is 0 Å². The van der Waals surface area contributed by atoms with Gasteiger partial charge in [-0.3, -0.25) is 4.79 Å². The van der Waals surface area contributed by atoms with Crippen molar-refractivity contribution in [1.29, 1.82) is 0 Å². The second-order valence-electron chi connectivity index (χ2n) is 4.81. The maximum Gasteiger partial charge on any atom is 0.249 e. The van der Waals surface area contributed by atoms with Crippen LogP contribution in [0.4, 0.5) is 0 Å². The van der Waals surface area contributed by atoms with Gasteiger partial charge in [0, 0.05) is 13.2 Å². The van der Waals surface area contributed by atoms with Gasteiger partial charge in [-0.15, -0.1) is 0 Å². The largest absolute Gasteiger partial charge is 0.368 e. The van der Waals surface area contributed by atoms with Crippen LogP contribution in [0.2, 0.25) is 0 Å². The van der Waals surface area contributed by atoms with Crippen molar-refractivity contribution in [3.8, 4) is 0 Å². The maximum atomic E-state index is 11.8. The molecule has 0 aromatic heterocycles. The van der Waals surface area contributed by atoms with E-state index < -0.39 is 0 Å². The monoisotopic (exact) mass is 226 g/mol. The Morgan fingerprint density at radius 2 is 2.25 bits per heavy atom. The molecule has 0 spiro atoms. The summed E-state index contributed by atoms with van der Waals surface area (Å²) in [5.74, 6) is 0.687. The van der Waals surface area contributed by atoms with Crippen LogP contribution in [0.15, 0.2) is 0 Å². The number of nitrogens with one attached hydrogen (secondary N) is 2. The third kappa shape index (κ3) is 3.46. The van der Waals surface area contributed by atoms with Crippen molar-refractivity contribution in [2.24, 2.45) is 5.92 Å². The molecule has 0 aromatic rings. The molecule has 0 bridgehead atoms. The Balaban J connectivity index is 1.65. The zero-order valence-electron chi connectivity index (χ0n) is 9.84. The predicted octanol–water partition coefficient (Wildman–Crippen LogP) is 0.671. The van der Waals surface area contributed by atoms with Gasteiger partial charge in [0.25, 0.3) is 0 Å². The lowest BCUT2D eigenvalue weighted by molar-refractivity contribution is -0.135. The molecule has 0 aliphatic carbocycles. The first-order chi connectivity index (χ1) is 7.86. The zero-order chi connectivity index (χ0) is 11.2. The van der Waals surface area contributed by atoms with Gasteiger partial charge < -0.3 is 15.4 Å². The fraction of sp³-hybridized carbons (Fsp3) is 0.917. The topological polar surface area (TPSA) is 50.4 Å². The van der Waals surface area contributed by atoms with E-state index in [1.54, 1.807) is 0 Å². The van der Waals surface area contributed by atoms with Crippen LogP contribution in [-0.4, -0.2) is 38.3 Å². The van der Waals surface area contributed by atoms with Crippen molar-refractivity contribution in [3.05, 3.63) is 0 Å². The molecule has 92 valence electrons. The standard InChI is InChI=1S/C12H22N2O2/c15-12(11-5-1-2-7-16-11)14-9-10-4-3-6-13-8-10/h10-11,13H,1-9H2,(H,14,15). The number of hydrogen-bond donors (Lipinski definition) is 2. The van der Waals surface area contributed by atoms with Crippen molar-refractivity contribution in [2.75, 3.05) is 26.2 Å². The van der Waals surface area contributed by atoms with E-state index in [4.69, 9.17) is 4.74 Å². The number of ether oxygens (including phenoxy) is 1. The van der Waals surface area contributed by atoms with Gasteiger partial charge in [0.05, 0.1) is 0 Å². The van der Waals surface area contributed by atoms with Crippen LogP contribution >= 0.6 is 0 Å². The van der Waals surface area contributed by atoms with Crippen LogP contribution in [0.5, 0.6) is 0 Å². The summed E-state index contributed by atoms with van der Waals surface area (Å²) in [7, 11) is 0. The van der Waals surface area contributed by atoms with E-state index in [1.807, 2.05) is 0 Å². The highest BCUT2D eigenvalue weighted by molar-refractivity contribution is 5.80. The highest BCUT2D eigenvalue weighted by Crippen LogP contribution is 2.13. The SMILES string of the molecule is O=C(NCC1CCCNC1)C1CCCCO1. The molecule has 4 nitrogen and oxygen atoms in total. The number of carbonyl (C=O) groups excluding carboxylic acids is 1. The lowest BCUT2D eigenvalue weighted by atomic mass is 9.99. The Bertz CT molecular complexity index is 221. The maximum absolute atomic E-state index is 11.8. The molecule has 0 saturated carbocycles. The Morgan fingerprint density at radius 3 is 2.94 bits per heavy atom. The summed E-state index contributed by atoms with van der Waals surface area (Å²) in [6.07, 6.45) is 5.35. The minimum Gasteiger partial charge on any atom is -0.368 e. The predicted molar refractivity (Wildman–Crippen MR) is 62.2 cm³/mol. The number of hydrogen-bond acceptors (Lipinski definition) is 3. The van der Waals surface area contributed by atoms with Crippen LogP contribution in [0.3, 0.4) is 0 Å². The lowest BCUT2D eigenvalue weighted by Gasteiger charge is -2.25. The molecule has 2 aliphatic heterocycles. The number of carbonyl (C=O) groups is 1. The Labute approximate surface area is 97.1 Å². The van der Waals surface area contributed by atoms with Gasteiger partial charge in [0.1, 0.15) is 6.10 Å². The average molecular weight is 226 g/mol. The fourth-order valence-corrected chi connectivity index (χ4v) is 2.40. The molecule has 0 radical (unpaired) electrons. The Kier molecular flexibility index (Phi) is 4.60. The average Bonchev–Trinajstić information content (AvgIpc) is 2.38. The third-order valence-corrected chi connectivity index (χ3v) is 3.44. The summed E-state index contributed by atoms with van der Waals surface area (Å²) in [6, 6.07) is 0. The van der Waals surface area contributed by atoms with E-state index in [1.165, 1.54) is 12.8 Å². The van der Waals surface area contributed by atoms with E-state index in [9.17, 15) is 4.79 Å². The van der Waals surface area contributed by atoms with Crippen molar-refractivity contribution < 1.29 is 9.53 Å². The Morgan fingerprint density at radius 1 is 1.31 bits per heavy atom. The molecule has 2 aliphatic rings. The van der Waals surface area contributed by atoms with Crippen molar-refractivity contribution in [3.63, 3.8) is 0 Å².